The van der Waals surface area contributed by atoms with Crippen LogP contribution in [0.25, 0.3) is 0 Å². The van der Waals surface area contributed by atoms with Crippen LogP contribution in [-0.2, 0) is 25.3 Å². The molecule has 0 bridgehead atoms. The molecule has 9 nitrogen and oxygen atoms in total. The number of hydrogen-bond donors (Lipinski definition) is 1. The van der Waals surface area contributed by atoms with Crippen molar-refractivity contribution >= 4 is 11.8 Å². The van der Waals surface area contributed by atoms with Crippen LogP contribution in [0, 0.1) is 0 Å². The van der Waals surface area contributed by atoms with Gasteiger partial charge >= 0.3 is 5.76 Å². The molecule has 0 unspecified atom stereocenters. The lowest BCUT2D eigenvalue weighted by Crippen LogP contribution is -2.39. The van der Waals surface area contributed by atoms with Crippen molar-refractivity contribution in [1.29, 1.82) is 0 Å². The second-order valence-electron chi connectivity index (χ2n) is 10.0. The summed E-state index contributed by atoms with van der Waals surface area (Å²) >= 11 is 0. The summed E-state index contributed by atoms with van der Waals surface area (Å²) < 4.78 is 6.72. The molecule has 0 saturated heterocycles. The van der Waals surface area contributed by atoms with E-state index in [1.54, 1.807) is 45.0 Å². The van der Waals surface area contributed by atoms with Crippen molar-refractivity contribution in [2.75, 3.05) is 28.2 Å². The molecule has 4 rings (SSSR count). The van der Waals surface area contributed by atoms with Crippen LogP contribution in [0.1, 0.15) is 62.1 Å². The van der Waals surface area contributed by atoms with Crippen molar-refractivity contribution < 1.29 is 14.1 Å². The maximum absolute atomic E-state index is 12.8. The molecular weight excluding hydrogens is 458 g/mol. The van der Waals surface area contributed by atoms with E-state index in [2.05, 4.69) is 4.98 Å². The van der Waals surface area contributed by atoms with Gasteiger partial charge in [-0.3, -0.25) is 9.59 Å². The SMILES string of the molecule is C[C@H](N)CC1(c2nc(=O)on2C)c2ccc(C(=O)N(C)C)cc2CCc2cc(C(=O)N(C)C)ccc21. The van der Waals surface area contributed by atoms with E-state index in [-0.39, 0.29) is 17.9 Å². The van der Waals surface area contributed by atoms with E-state index in [0.717, 1.165) is 22.3 Å². The summed E-state index contributed by atoms with van der Waals surface area (Å²) in [5.74, 6) is -0.439. The summed E-state index contributed by atoms with van der Waals surface area (Å²) in [6.45, 7) is 1.91. The molecule has 2 aromatic carbocycles. The minimum atomic E-state index is -0.921. The highest BCUT2D eigenvalue weighted by Gasteiger charge is 2.46. The van der Waals surface area contributed by atoms with Crippen LogP contribution in [-0.4, -0.2) is 65.6 Å². The summed E-state index contributed by atoms with van der Waals surface area (Å²) in [5, 5.41) is 0. The number of fused-ring (bicyclic) bond motifs is 2. The Balaban J connectivity index is 2.07. The maximum Gasteiger partial charge on any atom is 0.459 e. The first kappa shape index (κ1) is 25.4. The Bertz CT molecular complexity index is 1310. The van der Waals surface area contributed by atoms with Gasteiger partial charge in [-0.05, 0) is 72.7 Å². The predicted molar refractivity (Wildman–Crippen MR) is 136 cm³/mol. The third-order valence-corrected chi connectivity index (χ3v) is 6.82. The molecule has 0 radical (unpaired) electrons. The number of carbonyl (C=O) groups excluding carboxylic acids is 2. The lowest BCUT2D eigenvalue weighted by atomic mass is 9.67. The van der Waals surface area contributed by atoms with Crippen molar-refractivity contribution in [3.63, 3.8) is 0 Å². The van der Waals surface area contributed by atoms with E-state index in [1.807, 2.05) is 43.3 Å². The summed E-state index contributed by atoms with van der Waals surface area (Å²) in [7, 11) is 8.54. The van der Waals surface area contributed by atoms with Gasteiger partial charge in [-0.25, -0.2) is 4.79 Å². The molecule has 3 aromatic rings. The number of nitrogens with two attached hydrogens (primary N) is 1. The standard InChI is InChI=1S/C27H33N5O4/c1-16(28)15-27(25-29-26(35)36-32(25)6)21-11-9-19(23(33)30(2)3)13-17(21)7-8-18-14-20(10-12-22(18)27)24(34)31(4)5/h9-14,16H,7-8,15,28H2,1-6H3/t16-/m0/s1. The Morgan fingerprint density at radius 1 is 1.00 bits per heavy atom. The Labute approximate surface area is 210 Å². The van der Waals surface area contributed by atoms with E-state index in [1.165, 1.54) is 4.74 Å². The van der Waals surface area contributed by atoms with Gasteiger partial charge in [-0.15, -0.1) is 0 Å². The molecule has 36 heavy (non-hydrogen) atoms. The third-order valence-electron chi connectivity index (χ3n) is 6.82. The first-order valence-electron chi connectivity index (χ1n) is 12.0. The van der Waals surface area contributed by atoms with Crippen LogP contribution in [0.5, 0.6) is 0 Å². The largest absolute Gasteiger partial charge is 0.459 e. The average Bonchev–Trinajstić information content (AvgIpc) is 3.11. The fourth-order valence-corrected chi connectivity index (χ4v) is 5.37. The van der Waals surface area contributed by atoms with Crippen molar-refractivity contribution in [3.8, 4) is 0 Å². The maximum atomic E-state index is 12.8. The van der Waals surface area contributed by atoms with E-state index in [9.17, 15) is 14.4 Å². The lowest BCUT2D eigenvalue weighted by molar-refractivity contribution is 0.0820. The van der Waals surface area contributed by atoms with Crippen molar-refractivity contribution in [3.05, 3.63) is 86.2 Å². The molecule has 190 valence electrons. The first-order valence-corrected chi connectivity index (χ1v) is 12.0. The molecule has 0 saturated carbocycles. The van der Waals surface area contributed by atoms with Gasteiger partial charge in [0.25, 0.3) is 11.8 Å². The van der Waals surface area contributed by atoms with E-state index >= 15 is 0 Å². The molecule has 2 amide bonds. The van der Waals surface area contributed by atoms with Crippen LogP contribution < -0.4 is 11.5 Å². The average molecular weight is 492 g/mol. The lowest BCUT2D eigenvalue weighted by Gasteiger charge is -2.36. The zero-order valence-electron chi connectivity index (χ0n) is 21.7. The van der Waals surface area contributed by atoms with Crippen molar-refractivity contribution in [2.24, 2.45) is 12.8 Å². The second kappa shape index (κ2) is 9.39. The molecule has 1 aliphatic carbocycles. The van der Waals surface area contributed by atoms with Crippen molar-refractivity contribution in [2.45, 2.75) is 37.6 Å². The zero-order chi connectivity index (χ0) is 26.4. The minimum Gasteiger partial charge on any atom is -0.345 e. The predicted octanol–water partition coefficient (Wildman–Crippen LogP) is 1.95. The van der Waals surface area contributed by atoms with Gasteiger partial charge in [-0.2, -0.15) is 9.72 Å². The molecule has 9 heteroatoms. The van der Waals surface area contributed by atoms with Gasteiger partial charge in [0, 0.05) is 52.4 Å². The molecule has 1 aromatic heterocycles. The molecule has 1 aliphatic rings. The van der Waals surface area contributed by atoms with Gasteiger partial charge in [0.15, 0.2) is 5.82 Å². The topological polar surface area (TPSA) is 115 Å². The zero-order valence-corrected chi connectivity index (χ0v) is 21.7. The molecular formula is C27H33N5O4. The van der Waals surface area contributed by atoms with Gasteiger partial charge < -0.3 is 20.1 Å². The number of rotatable bonds is 5. The molecule has 1 atom stereocenters. The monoisotopic (exact) mass is 491 g/mol. The highest BCUT2D eigenvalue weighted by molar-refractivity contribution is 5.95. The smallest absolute Gasteiger partial charge is 0.345 e. The minimum absolute atomic E-state index is 0.0925. The highest BCUT2D eigenvalue weighted by atomic mass is 16.5. The normalized spacial score (nSPS) is 14.9. The van der Waals surface area contributed by atoms with E-state index in [0.29, 0.717) is 36.2 Å². The van der Waals surface area contributed by atoms with Crippen LogP contribution in [0.15, 0.2) is 45.7 Å². The fraction of sp³-hybridized carbons (Fsp3) is 0.407. The van der Waals surface area contributed by atoms with Crippen molar-refractivity contribution in [1.82, 2.24) is 19.5 Å². The van der Waals surface area contributed by atoms with E-state index < -0.39 is 11.2 Å². The summed E-state index contributed by atoms with van der Waals surface area (Å²) in [4.78, 5) is 45.2. The fourth-order valence-electron chi connectivity index (χ4n) is 5.37. The third kappa shape index (κ3) is 4.24. The number of aromatic nitrogens is 2. The quantitative estimate of drug-likeness (QED) is 0.583. The molecule has 1 heterocycles. The number of nitrogens with zero attached hydrogens (tertiary/aromatic N) is 4. The number of hydrogen-bond acceptors (Lipinski definition) is 6. The van der Waals surface area contributed by atoms with Crippen LogP contribution in [0.4, 0.5) is 0 Å². The number of amides is 2. The molecule has 2 N–H and O–H groups in total. The van der Waals surface area contributed by atoms with Gasteiger partial charge in [0.05, 0.1) is 5.41 Å². The second-order valence-corrected chi connectivity index (χ2v) is 10.0. The number of carbonyl (C=O) groups is 2. The Hall–Kier alpha value is -3.72. The van der Waals surface area contributed by atoms with Gasteiger partial charge in [0.2, 0.25) is 0 Å². The molecule has 0 spiro atoms. The molecule has 0 aliphatic heterocycles. The number of benzene rings is 2. The van der Waals surface area contributed by atoms with Crippen LogP contribution in [0.2, 0.25) is 0 Å². The number of aryl methyl sites for hydroxylation is 3. The Morgan fingerprint density at radius 2 is 1.47 bits per heavy atom. The summed E-state index contributed by atoms with van der Waals surface area (Å²) in [6.07, 6.45) is 1.72. The summed E-state index contributed by atoms with van der Waals surface area (Å²) in [6, 6.07) is 11.1. The Kier molecular flexibility index (Phi) is 6.62. The summed E-state index contributed by atoms with van der Waals surface area (Å²) in [5.41, 5.74) is 10.5. The highest BCUT2D eigenvalue weighted by Crippen LogP contribution is 2.47. The van der Waals surface area contributed by atoms with Gasteiger partial charge in [-0.1, -0.05) is 12.1 Å². The first-order chi connectivity index (χ1) is 17.0. The Morgan fingerprint density at radius 3 is 1.83 bits per heavy atom. The molecule has 0 fully saturated rings. The van der Waals surface area contributed by atoms with Crippen LogP contribution in [0.3, 0.4) is 0 Å². The van der Waals surface area contributed by atoms with Gasteiger partial charge in [0.1, 0.15) is 0 Å². The van der Waals surface area contributed by atoms with Crippen LogP contribution >= 0.6 is 0 Å². The van der Waals surface area contributed by atoms with E-state index in [4.69, 9.17) is 10.3 Å².